The van der Waals surface area contributed by atoms with E-state index in [9.17, 15) is 18.0 Å². The maximum Gasteiger partial charge on any atom is 0.419 e. The van der Waals surface area contributed by atoms with Gasteiger partial charge >= 0.3 is 6.18 Å². The van der Waals surface area contributed by atoms with Crippen LogP contribution in [0.15, 0.2) is 30.6 Å². The number of carbonyl (C=O) groups excluding carboxylic acids is 1. The van der Waals surface area contributed by atoms with E-state index in [4.69, 9.17) is 0 Å². The molecule has 0 unspecified atom stereocenters. The number of benzene rings is 1. The number of carbonyl (C=O) groups is 1. The number of ketones is 1. The number of aromatic nitrogens is 2. The number of alkyl halides is 3. The highest BCUT2D eigenvalue weighted by Crippen LogP contribution is 2.28. The monoisotopic (exact) mass is 294 g/mol. The molecule has 110 valence electrons. The van der Waals surface area contributed by atoms with Crippen molar-refractivity contribution in [3.8, 4) is 0 Å². The van der Waals surface area contributed by atoms with Crippen LogP contribution in [0.1, 0.15) is 33.5 Å². The fourth-order valence-electron chi connectivity index (χ4n) is 2.58. The predicted octanol–water partition coefficient (Wildman–Crippen LogP) is 3.27. The number of nitrogens with zero attached hydrogens (tertiary/aromatic N) is 2. The van der Waals surface area contributed by atoms with Crippen molar-refractivity contribution in [1.82, 2.24) is 9.78 Å². The highest BCUT2D eigenvalue weighted by Gasteiger charge is 2.32. The Kier molecular flexibility index (Phi) is 3.31. The molecule has 0 atom stereocenters. The van der Waals surface area contributed by atoms with Crippen LogP contribution >= 0.6 is 0 Å². The molecule has 1 aliphatic rings. The van der Waals surface area contributed by atoms with Crippen LogP contribution in [0.2, 0.25) is 0 Å². The van der Waals surface area contributed by atoms with Crippen molar-refractivity contribution in [2.45, 2.75) is 32.0 Å². The Morgan fingerprint density at radius 3 is 2.71 bits per heavy atom. The van der Waals surface area contributed by atoms with Crippen LogP contribution in [0.5, 0.6) is 0 Å². The van der Waals surface area contributed by atoms with E-state index in [1.165, 1.54) is 5.56 Å². The Morgan fingerprint density at radius 2 is 2.00 bits per heavy atom. The summed E-state index contributed by atoms with van der Waals surface area (Å²) in [6.45, 7) is -0.186. The van der Waals surface area contributed by atoms with Crippen LogP contribution in [0.3, 0.4) is 0 Å². The van der Waals surface area contributed by atoms with Crippen molar-refractivity contribution in [3.05, 3.63) is 52.8 Å². The van der Waals surface area contributed by atoms with E-state index >= 15 is 0 Å². The van der Waals surface area contributed by atoms with E-state index in [0.717, 1.165) is 41.9 Å². The van der Waals surface area contributed by atoms with Crippen molar-refractivity contribution in [2.24, 2.45) is 0 Å². The molecule has 1 aromatic carbocycles. The van der Waals surface area contributed by atoms with Crippen LogP contribution in [0, 0.1) is 0 Å². The lowest BCUT2D eigenvalue weighted by molar-refractivity contribution is -0.137. The summed E-state index contributed by atoms with van der Waals surface area (Å²) in [5.74, 6) is -0.235. The van der Waals surface area contributed by atoms with Crippen molar-refractivity contribution in [1.29, 1.82) is 0 Å². The molecule has 0 spiro atoms. The van der Waals surface area contributed by atoms with Gasteiger partial charge in [-0.25, -0.2) is 0 Å². The van der Waals surface area contributed by atoms with Gasteiger partial charge < -0.3 is 0 Å². The molecule has 2 aromatic rings. The maximum absolute atomic E-state index is 12.5. The molecule has 0 N–H and O–H groups in total. The van der Waals surface area contributed by atoms with Gasteiger partial charge in [0.2, 0.25) is 0 Å². The molecule has 0 bridgehead atoms. The summed E-state index contributed by atoms with van der Waals surface area (Å²) in [6.07, 6.45) is 0.214. The number of Topliss-reactive ketones (excluding diaryl/α,β-unsaturated/α-hetero) is 1. The molecule has 6 heteroatoms. The maximum atomic E-state index is 12.5. The molecule has 0 aliphatic heterocycles. The molecule has 1 heterocycles. The molecule has 3 rings (SSSR count). The standard InChI is InChI=1S/C15H13F3N2O/c16-15(17,18)13-7-19-20(8-13)9-14(21)12-5-4-10-2-1-3-11(10)6-12/h4-8H,1-3,9H2. The van der Waals surface area contributed by atoms with Crippen molar-refractivity contribution >= 4 is 5.78 Å². The summed E-state index contributed by atoms with van der Waals surface area (Å²) in [5.41, 5.74) is 2.10. The van der Waals surface area contributed by atoms with E-state index in [-0.39, 0.29) is 12.3 Å². The number of hydrogen-bond acceptors (Lipinski definition) is 2. The smallest absolute Gasteiger partial charge is 0.292 e. The van der Waals surface area contributed by atoms with Crippen molar-refractivity contribution in [3.63, 3.8) is 0 Å². The minimum atomic E-state index is -4.44. The first-order valence-electron chi connectivity index (χ1n) is 6.68. The summed E-state index contributed by atoms with van der Waals surface area (Å²) < 4.78 is 38.4. The molecular weight excluding hydrogens is 281 g/mol. The minimum absolute atomic E-state index is 0.186. The zero-order valence-corrected chi connectivity index (χ0v) is 11.2. The second kappa shape index (κ2) is 5.02. The summed E-state index contributed by atoms with van der Waals surface area (Å²) >= 11 is 0. The molecule has 0 fully saturated rings. The van der Waals surface area contributed by atoms with Gasteiger partial charge in [-0.1, -0.05) is 12.1 Å². The van der Waals surface area contributed by atoms with Gasteiger partial charge in [0.1, 0.15) is 6.54 Å². The highest BCUT2D eigenvalue weighted by atomic mass is 19.4. The van der Waals surface area contributed by atoms with Gasteiger partial charge in [-0.15, -0.1) is 0 Å². The lowest BCUT2D eigenvalue weighted by Crippen LogP contribution is -2.11. The second-order valence-electron chi connectivity index (χ2n) is 5.18. The van der Waals surface area contributed by atoms with Crippen LogP contribution in [-0.4, -0.2) is 15.6 Å². The average molecular weight is 294 g/mol. The molecule has 0 saturated carbocycles. The van der Waals surface area contributed by atoms with E-state index in [1.807, 2.05) is 12.1 Å². The van der Waals surface area contributed by atoms with Gasteiger partial charge in [0.15, 0.2) is 5.78 Å². The van der Waals surface area contributed by atoms with Gasteiger partial charge in [0, 0.05) is 11.8 Å². The molecule has 3 nitrogen and oxygen atoms in total. The number of halogens is 3. The minimum Gasteiger partial charge on any atom is -0.292 e. The molecule has 0 amide bonds. The van der Waals surface area contributed by atoms with Gasteiger partial charge in [-0.05, 0) is 36.5 Å². The second-order valence-corrected chi connectivity index (χ2v) is 5.18. The molecule has 0 radical (unpaired) electrons. The van der Waals surface area contributed by atoms with Crippen LogP contribution in [0.4, 0.5) is 13.2 Å². The normalized spacial score (nSPS) is 14.2. The molecule has 1 aliphatic carbocycles. The molecule has 1 aromatic heterocycles. The predicted molar refractivity (Wildman–Crippen MR) is 70.0 cm³/mol. The Bertz CT molecular complexity index is 688. The zero-order valence-electron chi connectivity index (χ0n) is 11.2. The lowest BCUT2D eigenvalue weighted by atomic mass is 10.0. The van der Waals surface area contributed by atoms with Gasteiger partial charge in [0.25, 0.3) is 0 Å². The van der Waals surface area contributed by atoms with Crippen LogP contribution in [0.25, 0.3) is 0 Å². The summed E-state index contributed by atoms with van der Waals surface area (Å²) in [4.78, 5) is 12.1. The third kappa shape index (κ3) is 2.84. The third-order valence-corrected chi connectivity index (χ3v) is 3.69. The first-order chi connectivity index (χ1) is 9.93. The first kappa shape index (κ1) is 13.9. The quantitative estimate of drug-likeness (QED) is 0.814. The van der Waals surface area contributed by atoms with Crippen molar-refractivity contribution < 1.29 is 18.0 Å². The highest BCUT2D eigenvalue weighted by molar-refractivity contribution is 5.96. The third-order valence-electron chi connectivity index (χ3n) is 3.69. The largest absolute Gasteiger partial charge is 0.419 e. The van der Waals surface area contributed by atoms with Gasteiger partial charge in [0.05, 0.1) is 11.8 Å². The SMILES string of the molecule is O=C(Cn1cc(C(F)(F)F)cn1)c1ccc2c(c1)CCC2. The van der Waals surface area contributed by atoms with Crippen LogP contribution < -0.4 is 0 Å². The molecule has 0 saturated heterocycles. The summed E-state index contributed by atoms with van der Waals surface area (Å²) in [5, 5.41) is 3.60. The zero-order chi connectivity index (χ0) is 15.0. The van der Waals surface area contributed by atoms with E-state index in [2.05, 4.69) is 5.10 Å². The Morgan fingerprint density at radius 1 is 1.24 bits per heavy atom. The van der Waals surface area contributed by atoms with Gasteiger partial charge in [-0.2, -0.15) is 18.3 Å². The van der Waals surface area contributed by atoms with Crippen LogP contribution in [-0.2, 0) is 25.6 Å². The lowest BCUT2D eigenvalue weighted by Gasteiger charge is -2.05. The van der Waals surface area contributed by atoms with E-state index < -0.39 is 11.7 Å². The number of hydrogen-bond donors (Lipinski definition) is 0. The first-order valence-corrected chi connectivity index (χ1v) is 6.68. The number of fused-ring (bicyclic) bond motifs is 1. The van der Waals surface area contributed by atoms with Crippen molar-refractivity contribution in [2.75, 3.05) is 0 Å². The molecular formula is C15H13F3N2O. The summed E-state index contributed by atoms with van der Waals surface area (Å²) in [7, 11) is 0. The fourth-order valence-corrected chi connectivity index (χ4v) is 2.58. The molecule has 21 heavy (non-hydrogen) atoms. The Labute approximate surface area is 119 Å². The Balaban J connectivity index is 1.76. The summed E-state index contributed by atoms with van der Waals surface area (Å²) in [6, 6.07) is 5.51. The Hall–Kier alpha value is -2.11. The van der Waals surface area contributed by atoms with E-state index in [0.29, 0.717) is 5.56 Å². The number of rotatable bonds is 3. The average Bonchev–Trinajstić information content (AvgIpc) is 3.04. The van der Waals surface area contributed by atoms with E-state index in [1.54, 1.807) is 6.07 Å². The van der Waals surface area contributed by atoms with Gasteiger partial charge in [-0.3, -0.25) is 9.48 Å². The topological polar surface area (TPSA) is 34.9 Å². The fraction of sp³-hybridized carbons (Fsp3) is 0.333. The number of aryl methyl sites for hydroxylation is 2.